The average Bonchev–Trinajstić information content (AvgIpc) is 2.98. The lowest BCUT2D eigenvalue weighted by Gasteiger charge is -2.15. The van der Waals surface area contributed by atoms with Gasteiger partial charge in [-0.15, -0.1) is 0 Å². The molecule has 0 radical (unpaired) electrons. The predicted molar refractivity (Wildman–Crippen MR) is 109 cm³/mol. The number of aliphatic imine (C=N–C) groups is 1. The van der Waals surface area contributed by atoms with Gasteiger partial charge in [-0.25, -0.2) is 9.98 Å². The van der Waals surface area contributed by atoms with Gasteiger partial charge in [-0.3, -0.25) is 9.69 Å². The van der Waals surface area contributed by atoms with E-state index in [4.69, 9.17) is 0 Å². The van der Waals surface area contributed by atoms with Crippen LogP contribution in [0, 0.1) is 0 Å². The van der Waals surface area contributed by atoms with Crippen LogP contribution in [0.4, 0.5) is 11.5 Å². The first-order valence-corrected chi connectivity index (χ1v) is 9.10. The minimum Gasteiger partial charge on any atom is -0.508 e. The summed E-state index contributed by atoms with van der Waals surface area (Å²) in [6, 6.07) is 21.6. The zero-order chi connectivity index (χ0) is 18.6. The molecule has 132 valence electrons. The van der Waals surface area contributed by atoms with Crippen molar-refractivity contribution in [2.24, 2.45) is 4.99 Å². The standard InChI is InChI=1S/C21H15N3O2S/c25-17-10-6-7-15(13-17)14-18-20(26)24(16-8-2-1-3-9-16)21(27-18)23-19-11-4-5-12-22-19/h1-14,25H/b18-14-,23-21+. The Morgan fingerprint density at radius 2 is 1.81 bits per heavy atom. The third kappa shape index (κ3) is 3.75. The summed E-state index contributed by atoms with van der Waals surface area (Å²) < 4.78 is 0. The van der Waals surface area contributed by atoms with Gasteiger partial charge in [0, 0.05) is 6.20 Å². The number of phenolic OH excluding ortho intramolecular Hbond substituents is 1. The Labute approximate surface area is 160 Å². The molecule has 0 saturated carbocycles. The molecule has 1 fully saturated rings. The van der Waals surface area contributed by atoms with Crippen LogP contribution >= 0.6 is 11.8 Å². The molecule has 0 aliphatic carbocycles. The Hall–Kier alpha value is -3.38. The number of hydrogen-bond acceptors (Lipinski definition) is 5. The van der Waals surface area contributed by atoms with Crippen LogP contribution in [0.2, 0.25) is 0 Å². The predicted octanol–water partition coefficient (Wildman–Crippen LogP) is 4.60. The van der Waals surface area contributed by atoms with Crippen LogP contribution in [0.15, 0.2) is 88.9 Å². The lowest BCUT2D eigenvalue weighted by atomic mass is 10.2. The van der Waals surface area contributed by atoms with Crippen molar-refractivity contribution < 1.29 is 9.90 Å². The Morgan fingerprint density at radius 3 is 2.56 bits per heavy atom. The molecule has 3 aromatic rings. The van der Waals surface area contributed by atoms with Crippen molar-refractivity contribution in [2.75, 3.05) is 4.90 Å². The van der Waals surface area contributed by atoms with Crippen LogP contribution in [0.3, 0.4) is 0 Å². The second kappa shape index (κ2) is 7.47. The van der Waals surface area contributed by atoms with Gasteiger partial charge >= 0.3 is 0 Å². The number of carbonyl (C=O) groups is 1. The molecule has 0 spiro atoms. The first-order chi connectivity index (χ1) is 13.2. The van der Waals surface area contributed by atoms with Gasteiger partial charge in [0.25, 0.3) is 5.91 Å². The number of benzene rings is 2. The molecule has 1 N–H and O–H groups in total. The number of aromatic nitrogens is 1. The molecule has 1 aliphatic rings. The van der Waals surface area contributed by atoms with Gasteiger partial charge in [-0.1, -0.05) is 36.4 Å². The molecule has 6 heteroatoms. The van der Waals surface area contributed by atoms with Crippen molar-refractivity contribution in [3.05, 3.63) is 89.5 Å². The van der Waals surface area contributed by atoms with Gasteiger partial charge < -0.3 is 5.11 Å². The van der Waals surface area contributed by atoms with Crippen molar-refractivity contribution in [3.8, 4) is 5.75 Å². The number of carbonyl (C=O) groups excluding carboxylic acids is 1. The third-order valence-corrected chi connectivity index (χ3v) is 4.82. The van der Waals surface area contributed by atoms with Gasteiger partial charge in [0.1, 0.15) is 5.75 Å². The Kier molecular flexibility index (Phi) is 4.72. The molecule has 27 heavy (non-hydrogen) atoms. The van der Waals surface area contributed by atoms with Gasteiger partial charge in [0.05, 0.1) is 10.6 Å². The van der Waals surface area contributed by atoms with E-state index >= 15 is 0 Å². The highest BCUT2D eigenvalue weighted by atomic mass is 32.2. The van der Waals surface area contributed by atoms with Crippen molar-refractivity contribution in [1.82, 2.24) is 4.98 Å². The smallest absolute Gasteiger partial charge is 0.271 e. The number of phenols is 1. The van der Waals surface area contributed by atoms with Crippen molar-refractivity contribution >= 4 is 40.4 Å². The highest BCUT2D eigenvalue weighted by Crippen LogP contribution is 2.37. The number of para-hydroxylation sites is 1. The monoisotopic (exact) mass is 373 g/mol. The second-order valence-corrected chi connectivity index (χ2v) is 6.77. The van der Waals surface area contributed by atoms with Crippen LogP contribution < -0.4 is 4.90 Å². The fraction of sp³-hybridized carbons (Fsp3) is 0. The molecule has 5 nitrogen and oxygen atoms in total. The summed E-state index contributed by atoms with van der Waals surface area (Å²) in [6.07, 6.45) is 3.42. The van der Waals surface area contributed by atoms with E-state index in [1.165, 1.54) is 11.8 Å². The molecule has 1 saturated heterocycles. The minimum atomic E-state index is -0.163. The van der Waals surface area contributed by atoms with Crippen LogP contribution in [0.5, 0.6) is 5.75 Å². The second-order valence-electron chi connectivity index (χ2n) is 5.76. The maximum Gasteiger partial charge on any atom is 0.271 e. The molecule has 1 aliphatic heterocycles. The van der Waals surface area contributed by atoms with Gasteiger partial charge in [-0.2, -0.15) is 0 Å². The SMILES string of the molecule is O=C1/C(=C/c2cccc(O)c2)S/C(=N/c2ccccn2)N1c1ccccc1. The number of nitrogens with zero attached hydrogens (tertiary/aromatic N) is 3. The van der Waals surface area contributed by atoms with Gasteiger partial charge in [0.2, 0.25) is 0 Å². The third-order valence-electron chi connectivity index (χ3n) is 3.85. The van der Waals surface area contributed by atoms with E-state index in [0.29, 0.717) is 15.9 Å². The molecule has 2 heterocycles. The molecule has 1 amide bonds. The lowest BCUT2D eigenvalue weighted by molar-refractivity contribution is -0.113. The van der Waals surface area contributed by atoms with E-state index in [-0.39, 0.29) is 11.7 Å². The molecular weight excluding hydrogens is 358 g/mol. The molecule has 1 aromatic heterocycles. The summed E-state index contributed by atoms with van der Waals surface area (Å²) in [7, 11) is 0. The first-order valence-electron chi connectivity index (χ1n) is 8.28. The number of hydrogen-bond donors (Lipinski definition) is 1. The number of rotatable bonds is 3. The Balaban J connectivity index is 1.77. The minimum absolute atomic E-state index is 0.155. The topological polar surface area (TPSA) is 65.8 Å². The Morgan fingerprint density at radius 1 is 1.00 bits per heavy atom. The maximum absolute atomic E-state index is 13.1. The zero-order valence-electron chi connectivity index (χ0n) is 14.2. The number of amidine groups is 1. The van der Waals surface area contributed by atoms with E-state index < -0.39 is 0 Å². The van der Waals surface area contributed by atoms with E-state index in [1.807, 2.05) is 48.5 Å². The average molecular weight is 373 g/mol. The van der Waals surface area contributed by atoms with Gasteiger partial charge in [0.15, 0.2) is 11.0 Å². The van der Waals surface area contributed by atoms with E-state index in [9.17, 15) is 9.90 Å². The lowest BCUT2D eigenvalue weighted by Crippen LogP contribution is -2.28. The van der Waals surface area contributed by atoms with Crippen molar-refractivity contribution in [1.29, 1.82) is 0 Å². The molecule has 0 unspecified atom stereocenters. The van der Waals surface area contributed by atoms with Crippen LogP contribution in [0.1, 0.15) is 5.56 Å². The fourth-order valence-electron chi connectivity index (χ4n) is 2.64. The van der Waals surface area contributed by atoms with Gasteiger partial charge in [-0.05, 0) is 59.8 Å². The number of anilines is 1. The van der Waals surface area contributed by atoms with Crippen LogP contribution in [-0.2, 0) is 4.79 Å². The maximum atomic E-state index is 13.1. The van der Waals surface area contributed by atoms with Crippen LogP contribution in [0.25, 0.3) is 6.08 Å². The van der Waals surface area contributed by atoms with E-state index in [1.54, 1.807) is 41.4 Å². The van der Waals surface area contributed by atoms with Crippen molar-refractivity contribution in [2.45, 2.75) is 0 Å². The normalized spacial score (nSPS) is 17.0. The molecule has 0 bridgehead atoms. The first kappa shape index (κ1) is 17.1. The number of pyridine rings is 1. The van der Waals surface area contributed by atoms with Crippen molar-refractivity contribution in [3.63, 3.8) is 0 Å². The summed E-state index contributed by atoms with van der Waals surface area (Å²) >= 11 is 1.28. The highest BCUT2D eigenvalue weighted by molar-refractivity contribution is 8.19. The van der Waals surface area contributed by atoms with E-state index in [0.717, 1.165) is 11.3 Å². The van der Waals surface area contributed by atoms with E-state index in [2.05, 4.69) is 9.98 Å². The number of amides is 1. The quantitative estimate of drug-likeness (QED) is 0.682. The number of thioether (sulfide) groups is 1. The molecule has 0 atom stereocenters. The summed E-state index contributed by atoms with van der Waals surface area (Å²) in [4.78, 5) is 24.0. The number of aromatic hydroxyl groups is 1. The molecular formula is C21H15N3O2S. The summed E-state index contributed by atoms with van der Waals surface area (Å²) in [5.41, 5.74) is 1.49. The fourth-order valence-corrected chi connectivity index (χ4v) is 3.63. The molecule has 2 aromatic carbocycles. The zero-order valence-corrected chi connectivity index (χ0v) is 15.0. The van der Waals surface area contributed by atoms with Crippen LogP contribution in [-0.4, -0.2) is 21.2 Å². The highest BCUT2D eigenvalue weighted by Gasteiger charge is 2.34. The summed E-state index contributed by atoms with van der Waals surface area (Å²) in [5, 5.41) is 10.2. The summed E-state index contributed by atoms with van der Waals surface area (Å²) in [5.74, 6) is 0.527. The largest absolute Gasteiger partial charge is 0.508 e. The summed E-state index contributed by atoms with van der Waals surface area (Å²) in [6.45, 7) is 0. The molecule has 4 rings (SSSR count). The Bertz CT molecular complexity index is 1030.